The molecule has 6 heterocycles. The van der Waals surface area contributed by atoms with E-state index in [1.54, 1.807) is 0 Å². The van der Waals surface area contributed by atoms with Crippen LogP contribution in [0.1, 0.15) is 258 Å². The van der Waals surface area contributed by atoms with E-state index in [0.29, 0.717) is 24.0 Å². The van der Waals surface area contributed by atoms with E-state index < -0.39 is 0 Å². The van der Waals surface area contributed by atoms with Crippen LogP contribution in [0.3, 0.4) is 0 Å². The minimum Gasteiger partial charge on any atom is -0.523 e. The Morgan fingerprint density at radius 3 is 0.964 bits per heavy atom. The lowest BCUT2D eigenvalue weighted by Crippen LogP contribution is -2.45. The van der Waals surface area contributed by atoms with Crippen molar-refractivity contribution in [3.8, 4) is 11.5 Å². The van der Waals surface area contributed by atoms with Crippen molar-refractivity contribution in [2.75, 3.05) is 26.4 Å². The third-order valence-electron chi connectivity index (χ3n) is 17.0. The molecule has 474 valence electrons. The Morgan fingerprint density at radius 1 is 0.386 bits per heavy atom. The fourth-order valence-electron chi connectivity index (χ4n) is 11.0. The molecular formula is C65H124B6O12. The van der Waals surface area contributed by atoms with Crippen molar-refractivity contribution in [3.05, 3.63) is 24.3 Å². The van der Waals surface area contributed by atoms with Crippen molar-refractivity contribution in [3.63, 3.8) is 0 Å². The summed E-state index contributed by atoms with van der Waals surface area (Å²) >= 11 is 0. The first-order valence-corrected chi connectivity index (χ1v) is 32.7. The van der Waals surface area contributed by atoms with Crippen molar-refractivity contribution in [2.45, 2.75) is 326 Å². The summed E-state index contributed by atoms with van der Waals surface area (Å²) in [6.07, 6.45) is 15.1. The van der Waals surface area contributed by atoms with E-state index >= 15 is 0 Å². The molecule has 2 saturated carbocycles. The van der Waals surface area contributed by atoms with Crippen molar-refractivity contribution >= 4 is 42.7 Å². The fourth-order valence-corrected chi connectivity index (χ4v) is 11.0. The van der Waals surface area contributed by atoms with Crippen LogP contribution < -0.4 is 9.31 Å². The highest BCUT2D eigenvalue weighted by atomic mass is 16.7. The molecule has 1 aromatic carbocycles. The Hall–Kier alpha value is -1.19. The zero-order chi connectivity index (χ0) is 63.0. The SMILES string of the molecule is CC(C)(C)B1OC(C)(C)C(C)(C)O1.CC(C)(C)B1OC(C2CCCCC2)C(C2CCCCC2)O1.CC(C)(C)B1OCCO1.CC(C)(C)B1Oc2ccccc2O1.CC(C)C1OB(C(C)(C)C)OC1C(C)C.CC1(C)COB(C(C)(C)C)OC1. The Kier molecular flexibility index (Phi) is 26.9. The molecule has 0 bridgehead atoms. The van der Waals surface area contributed by atoms with Crippen LogP contribution in [0.15, 0.2) is 24.3 Å². The molecular weight excluding hydrogens is 1040 g/mol. The summed E-state index contributed by atoms with van der Waals surface area (Å²) in [7, 11) is -0.348. The van der Waals surface area contributed by atoms with Gasteiger partial charge in [0.1, 0.15) is 11.5 Å². The molecule has 4 unspecified atom stereocenters. The van der Waals surface area contributed by atoms with Gasteiger partial charge in [-0.2, -0.15) is 0 Å². The summed E-state index contributed by atoms with van der Waals surface area (Å²) in [5.74, 6) is 4.23. The van der Waals surface area contributed by atoms with Gasteiger partial charge < -0.3 is 55.9 Å². The molecule has 0 N–H and O–H groups in total. The van der Waals surface area contributed by atoms with Gasteiger partial charge in [-0.15, -0.1) is 0 Å². The number of hydrogen-bond donors (Lipinski definition) is 0. The van der Waals surface area contributed by atoms with Crippen LogP contribution in [0.25, 0.3) is 0 Å². The van der Waals surface area contributed by atoms with Gasteiger partial charge in [-0.25, -0.2) is 0 Å². The van der Waals surface area contributed by atoms with E-state index in [1.165, 1.54) is 64.2 Å². The standard InChI is InChI=1S/C18H33BO2.C12H25BO2.C10H13BO2.C10H21BO2.C9H19BO2.C6H13BO2/c1-18(2,3)19-20-16(14-10-6-4-7-11-14)17(21-19)15-12-8-5-9-13-15;1-8(2)10-11(9(3)4)15-13(14-10)12(5,6)7;1-10(2,3)11-12-8-6-4-5-7-9(8)13-11;1-8(2,3)11-12-9(4,5)10(6,7)13-11;1-8(2,3)10-11-6-9(4,5)7-12-10;1-6(2,3)7-8-4-5-9-7/h14-17H,4-13H2,1-3H3;8-11H,1-7H3;4-7H,1-3H3;1-7H3;6-7H2,1-5H3;4-5H2,1-3H3. The lowest BCUT2D eigenvalue weighted by Gasteiger charge is -2.37. The lowest BCUT2D eigenvalue weighted by molar-refractivity contribution is 0.00578. The maximum absolute atomic E-state index is 6.51. The first kappa shape index (κ1) is 74.3. The Bertz CT molecular complexity index is 1940. The third-order valence-corrected chi connectivity index (χ3v) is 17.0. The highest BCUT2D eigenvalue weighted by molar-refractivity contribution is 6.51. The maximum atomic E-state index is 6.51. The van der Waals surface area contributed by atoms with Gasteiger partial charge >= 0.3 is 42.7 Å². The number of para-hydroxylation sites is 2. The highest BCUT2D eigenvalue weighted by Crippen LogP contribution is 2.47. The molecule has 0 spiro atoms. The smallest absolute Gasteiger partial charge is 0.523 e. The van der Waals surface area contributed by atoms with Crippen LogP contribution in [-0.2, 0) is 46.5 Å². The fraction of sp³-hybridized carbons (Fsp3) is 0.908. The average Bonchev–Trinajstić information content (AvgIpc) is 4.35. The second-order valence-electron chi connectivity index (χ2n) is 34.3. The van der Waals surface area contributed by atoms with Crippen molar-refractivity contribution in [1.82, 2.24) is 0 Å². The van der Waals surface area contributed by atoms with E-state index in [2.05, 4.69) is 194 Å². The molecule has 0 amide bonds. The monoisotopic (exact) mass is 1160 g/mol. The van der Waals surface area contributed by atoms with Crippen LogP contribution in [-0.4, -0.2) is 105 Å². The van der Waals surface area contributed by atoms with E-state index in [0.717, 1.165) is 49.8 Å². The summed E-state index contributed by atoms with van der Waals surface area (Å²) < 4.78 is 70.1. The molecule has 83 heavy (non-hydrogen) atoms. The van der Waals surface area contributed by atoms with Crippen LogP contribution in [0.5, 0.6) is 11.5 Å². The normalized spacial score (nSPS) is 25.9. The second-order valence-corrected chi connectivity index (χ2v) is 34.3. The van der Waals surface area contributed by atoms with Crippen LogP contribution in [0.2, 0.25) is 31.9 Å². The summed E-state index contributed by atoms with van der Waals surface area (Å²) in [6, 6.07) is 7.77. The van der Waals surface area contributed by atoms with Gasteiger partial charge in [0.25, 0.3) is 0 Å². The Morgan fingerprint density at radius 2 is 0.687 bits per heavy atom. The first-order valence-electron chi connectivity index (χ1n) is 32.7. The van der Waals surface area contributed by atoms with Crippen LogP contribution in [0.4, 0.5) is 0 Å². The van der Waals surface area contributed by atoms with Crippen molar-refractivity contribution < 1.29 is 55.9 Å². The lowest BCUT2D eigenvalue weighted by atomic mass is 9.60. The summed E-state index contributed by atoms with van der Waals surface area (Å²) in [5, 5.41) is 0.449. The van der Waals surface area contributed by atoms with E-state index in [-0.39, 0.29) is 103 Å². The molecule has 7 fully saturated rings. The van der Waals surface area contributed by atoms with Gasteiger partial charge in [0, 0.05) is 23.9 Å². The maximum Gasteiger partial charge on any atom is 0.600 e. The van der Waals surface area contributed by atoms with Crippen molar-refractivity contribution in [1.29, 1.82) is 0 Å². The minimum atomic E-state index is -0.203. The molecule has 2 aliphatic carbocycles. The molecule has 12 nitrogen and oxygen atoms in total. The van der Waals surface area contributed by atoms with Gasteiger partial charge in [0.2, 0.25) is 0 Å². The van der Waals surface area contributed by atoms with E-state index in [9.17, 15) is 0 Å². The Balaban J connectivity index is 0.000000218. The topological polar surface area (TPSA) is 111 Å². The zero-order valence-electron chi connectivity index (χ0n) is 58.7. The molecule has 6 aliphatic heterocycles. The third kappa shape index (κ3) is 23.0. The molecule has 5 saturated heterocycles. The quantitative estimate of drug-likeness (QED) is 0.268. The average molecular weight is 1160 g/mol. The van der Waals surface area contributed by atoms with Gasteiger partial charge in [0.05, 0.1) is 48.8 Å². The number of hydrogen-bond acceptors (Lipinski definition) is 12. The van der Waals surface area contributed by atoms with Crippen LogP contribution >= 0.6 is 0 Å². The molecule has 9 rings (SSSR count). The van der Waals surface area contributed by atoms with Crippen LogP contribution in [0, 0.1) is 29.1 Å². The van der Waals surface area contributed by atoms with Gasteiger partial charge in [-0.1, -0.05) is 217 Å². The largest absolute Gasteiger partial charge is 0.600 e. The summed E-state index contributed by atoms with van der Waals surface area (Å²) in [6.45, 7) is 63.3. The second kappa shape index (κ2) is 30.1. The van der Waals surface area contributed by atoms with Gasteiger partial charge in [-0.05, 0) is 116 Å². The molecule has 1 aromatic rings. The summed E-state index contributed by atoms with van der Waals surface area (Å²) in [4.78, 5) is 0. The predicted molar refractivity (Wildman–Crippen MR) is 351 cm³/mol. The molecule has 4 atom stereocenters. The first-order chi connectivity index (χ1) is 37.8. The van der Waals surface area contributed by atoms with E-state index in [1.807, 2.05) is 24.3 Å². The van der Waals surface area contributed by atoms with Crippen molar-refractivity contribution in [2.24, 2.45) is 29.1 Å². The Labute approximate surface area is 513 Å². The molecule has 18 heteroatoms. The number of benzene rings is 1. The minimum absolute atomic E-state index is 0.00338. The highest BCUT2D eigenvalue weighted by Gasteiger charge is 2.56. The predicted octanol–water partition coefficient (Wildman–Crippen LogP) is 17.9. The van der Waals surface area contributed by atoms with E-state index in [4.69, 9.17) is 55.9 Å². The van der Waals surface area contributed by atoms with Gasteiger partial charge in [0.15, 0.2) is 0 Å². The van der Waals surface area contributed by atoms with Gasteiger partial charge in [-0.3, -0.25) is 0 Å². The molecule has 0 radical (unpaired) electrons. The number of rotatable bonds is 4. The molecule has 8 aliphatic rings. The zero-order valence-corrected chi connectivity index (χ0v) is 58.7. The summed E-state index contributed by atoms with van der Waals surface area (Å²) in [5.41, 5.74) is -0.225. The molecule has 0 aromatic heterocycles. The number of fused-ring (bicyclic) bond motifs is 1.